The first-order chi connectivity index (χ1) is 6.62. The summed E-state index contributed by atoms with van der Waals surface area (Å²) in [5.74, 6) is 0. The summed E-state index contributed by atoms with van der Waals surface area (Å²) in [5, 5.41) is 3.82. The van der Waals surface area contributed by atoms with E-state index in [0.29, 0.717) is 12.8 Å². The largest absolute Gasteiger partial charge is 0.328 e. The second kappa shape index (κ2) is 3.91. The highest BCUT2D eigenvalue weighted by molar-refractivity contribution is 9.10. The predicted molar refractivity (Wildman–Crippen MR) is 61.2 cm³/mol. The third kappa shape index (κ3) is 1.88. The lowest BCUT2D eigenvalue weighted by atomic mass is 9.80. The molecule has 1 aliphatic rings. The molecule has 2 unspecified atom stereocenters. The molecule has 1 saturated carbocycles. The van der Waals surface area contributed by atoms with Crippen LogP contribution >= 0.6 is 27.3 Å². The number of rotatable bonds is 1. The van der Waals surface area contributed by atoms with Crippen LogP contribution in [0.4, 0.5) is 4.39 Å². The van der Waals surface area contributed by atoms with Crippen LogP contribution in [0.15, 0.2) is 15.2 Å². The highest BCUT2D eigenvalue weighted by Crippen LogP contribution is 2.44. The van der Waals surface area contributed by atoms with Gasteiger partial charge in [-0.3, -0.25) is 0 Å². The standard InChI is InChI=1S/C10H13BrFNS/c11-9-6-14-5-8(9)10(12)3-1-2-7(13)4-10/h5-7H,1-4,13H2. The first-order valence-electron chi connectivity index (χ1n) is 4.78. The van der Waals surface area contributed by atoms with Crippen LogP contribution in [0.1, 0.15) is 31.2 Å². The summed E-state index contributed by atoms with van der Waals surface area (Å²) >= 11 is 4.92. The second-order valence-corrected chi connectivity index (χ2v) is 5.55. The molecule has 1 aromatic rings. The summed E-state index contributed by atoms with van der Waals surface area (Å²) in [5.41, 5.74) is 5.41. The van der Waals surface area contributed by atoms with Crippen LogP contribution in [0.2, 0.25) is 0 Å². The lowest BCUT2D eigenvalue weighted by Crippen LogP contribution is -2.36. The quantitative estimate of drug-likeness (QED) is 0.835. The minimum atomic E-state index is -1.20. The normalized spacial score (nSPS) is 33.2. The first kappa shape index (κ1) is 10.6. The van der Waals surface area contributed by atoms with Crippen molar-refractivity contribution < 1.29 is 4.39 Å². The van der Waals surface area contributed by atoms with Crippen LogP contribution in [0.25, 0.3) is 0 Å². The van der Waals surface area contributed by atoms with Crippen LogP contribution in [0.3, 0.4) is 0 Å². The highest BCUT2D eigenvalue weighted by Gasteiger charge is 2.38. The zero-order chi connectivity index (χ0) is 10.2. The molecule has 1 nitrogen and oxygen atoms in total. The summed E-state index contributed by atoms with van der Waals surface area (Å²) < 4.78 is 15.4. The predicted octanol–water partition coefficient (Wildman–Crippen LogP) is 3.58. The van der Waals surface area contributed by atoms with Gasteiger partial charge in [-0.25, -0.2) is 4.39 Å². The smallest absolute Gasteiger partial charge is 0.139 e. The molecule has 78 valence electrons. The molecule has 0 spiro atoms. The molecule has 2 rings (SSSR count). The van der Waals surface area contributed by atoms with E-state index in [4.69, 9.17) is 5.73 Å². The van der Waals surface area contributed by atoms with Gasteiger partial charge >= 0.3 is 0 Å². The molecule has 0 radical (unpaired) electrons. The van der Waals surface area contributed by atoms with Crippen molar-refractivity contribution in [2.75, 3.05) is 0 Å². The van der Waals surface area contributed by atoms with E-state index >= 15 is 0 Å². The zero-order valence-electron chi connectivity index (χ0n) is 7.80. The number of nitrogens with two attached hydrogens (primary N) is 1. The van der Waals surface area contributed by atoms with Crippen LogP contribution in [-0.4, -0.2) is 6.04 Å². The minimum absolute atomic E-state index is 0.0144. The molecule has 0 bridgehead atoms. The molecular formula is C10H13BrFNS. The molecule has 0 saturated heterocycles. The van der Waals surface area contributed by atoms with Gasteiger partial charge in [0.15, 0.2) is 0 Å². The Balaban J connectivity index is 2.27. The maximum absolute atomic E-state index is 14.5. The van der Waals surface area contributed by atoms with Crippen molar-refractivity contribution in [3.63, 3.8) is 0 Å². The average molecular weight is 278 g/mol. The number of halogens is 2. The summed E-state index contributed by atoms with van der Waals surface area (Å²) in [6.45, 7) is 0. The average Bonchev–Trinajstić information content (AvgIpc) is 2.51. The van der Waals surface area contributed by atoms with Gasteiger partial charge in [-0.1, -0.05) is 0 Å². The van der Waals surface area contributed by atoms with Gasteiger partial charge in [0.2, 0.25) is 0 Å². The van der Waals surface area contributed by atoms with Crippen molar-refractivity contribution in [2.24, 2.45) is 5.73 Å². The van der Waals surface area contributed by atoms with Gasteiger partial charge in [-0.2, -0.15) is 11.3 Å². The summed E-state index contributed by atoms with van der Waals surface area (Å²) in [6, 6.07) is 0.0144. The van der Waals surface area contributed by atoms with E-state index in [2.05, 4.69) is 15.9 Å². The molecule has 14 heavy (non-hydrogen) atoms. The van der Waals surface area contributed by atoms with Crippen LogP contribution < -0.4 is 5.73 Å². The van der Waals surface area contributed by atoms with Gasteiger partial charge < -0.3 is 5.73 Å². The van der Waals surface area contributed by atoms with Crippen molar-refractivity contribution in [3.8, 4) is 0 Å². The van der Waals surface area contributed by atoms with Crippen molar-refractivity contribution in [2.45, 2.75) is 37.4 Å². The van der Waals surface area contributed by atoms with Crippen LogP contribution in [0.5, 0.6) is 0 Å². The van der Waals surface area contributed by atoms with E-state index in [0.717, 1.165) is 22.9 Å². The Morgan fingerprint density at radius 3 is 2.93 bits per heavy atom. The van der Waals surface area contributed by atoms with Gasteiger partial charge in [-0.05, 0) is 40.6 Å². The Kier molecular flexibility index (Phi) is 2.96. The van der Waals surface area contributed by atoms with Crippen molar-refractivity contribution in [1.29, 1.82) is 0 Å². The second-order valence-electron chi connectivity index (χ2n) is 3.96. The molecule has 0 aliphatic heterocycles. The molecular weight excluding hydrogens is 265 g/mol. The molecule has 1 fully saturated rings. The van der Waals surface area contributed by atoms with Crippen LogP contribution in [0, 0.1) is 0 Å². The highest BCUT2D eigenvalue weighted by atomic mass is 79.9. The SMILES string of the molecule is NC1CCCC(F)(c2cscc2Br)C1. The Morgan fingerprint density at radius 1 is 1.57 bits per heavy atom. The molecule has 0 amide bonds. The number of thiophene rings is 1. The Hall–Kier alpha value is 0.0700. The lowest BCUT2D eigenvalue weighted by Gasteiger charge is -2.33. The lowest BCUT2D eigenvalue weighted by molar-refractivity contribution is 0.0945. The number of hydrogen-bond donors (Lipinski definition) is 1. The van der Waals surface area contributed by atoms with Crippen molar-refractivity contribution >= 4 is 27.3 Å². The molecule has 0 aromatic carbocycles. The third-order valence-corrected chi connectivity index (χ3v) is 4.53. The summed E-state index contributed by atoms with van der Waals surface area (Å²) in [4.78, 5) is 0. The molecule has 1 aromatic heterocycles. The maximum atomic E-state index is 14.5. The van der Waals surface area contributed by atoms with E-state index in [1.807, 2.05) is 10.8 Å². The summed E-state index contributed by atoms with van der Waals surface area (Å²) in [6.07, 6.45) is 2.91. The van der Waals surface area contributed by atoms with Gasteiger partial charge in [0, 0.05) is 27.9 Å². The van der Waals surface area contributed by atoms with E-state index in [9.17, 15) is 4.39 Å². The van der Waals surface area contributed by atoms with E-state index < -0.39 is 5.67 Å². The third-order valence-electron chi connectivity index (χ3n) is 2.83. The van der Waals surface area contributed by atoms with E-state index in [-0.39, 0.29) is 6.04 Å². The first-order valence-corrected chi connectivity index (χ1v) is 6.52. The van der Waals surface area contributed by atoms with E-state index in [1.54, 1.807) is 0 Å². The molecule has 2 N–H and O–H groups in total. The topological polar surface area (TPSA) is 26.0 Å². The fourth-order valence-corrected chi connectivity index (χ4v) is 3.84. The molecule has 1 aliphatic carbocycles. The van der Waals surface area contributed by atoms with Gasteiger partial charge in [0.1, 0.15) is 5.67 Å². The van der Waals surface area contributed by atoms with Gasteiger partial charge in [0.25, 0.3) is 0 Å². The minimum Gasteiger partial charge on any atom is -0.328 e. The summed E-state index contributed by atoms with van der Waals surface area (Å²) in [7, 11) is 0. The van der Waals surface area contributed by atoms with Gasteiger partial charge in [0.05, 0.1) is 0 Å². The molecule has 4 heteroatoms. The monoisotopic (exact) mass is 277 g/mol. The van der Waals surface area contributed by atoms with Gasteiger partial charge in [-0.15, -0.1) is 0 Å². The Labute approximate surface area is 95.6 Å². The number of alkyl halides is 1. The Bertz CT molecular complexity index is 328. The number of hydrogen-bond acceptors (Lipinski definition) is 2. The molecule has 2 atom stereocenters. The zero-order valence-corrected chi connectivity index (χ0v) is 10.2. The van der Waals surface area contributed by atoms with Crippen molar-refractivity contribution in [3.05, 3.63) is 20.8 Å². The fourth-order valence-electron chi connectivity index (χ4n) is 2.11. The van der Waals surface area contributed by atoms with Crippen LogP contribution in [-0.2, 0) is 5.67 Å². The fraction of sp³-hybridized carbons (Fsp3) is 0.600. The van der Waals surface area contributed by atoms with E-state index in [1.165, 1.54) is 11.3 Å². The van der Waals surface area contributed by atoms with Crippen molar-refractivity contribution in [1.82, 2.24) is 0 Å². The molecule has 1 heterocycles. The maximum Gasteiger partial charge on any atom is 0.139 e. The Morgan fingerprint density at radius 2 is 2.36 bits per heavy atom.